The molecule has 2 aromatic rings. The maximum Gasteiger partial charge on any atom is 0.289 e. The Balaban J connectivity index is 1.60. The first-order valence-corrected chi connectivity index (χ1v) is 7.12. The van der Waals surface area contributed by atoms with Gasteiger partial charge in [0.1, 0.15) is 13.2 Å². The highest BCUT2D eigenvalue weighted by molar-refractivity contribution is 5.98. The van der Waals surface area contributed by atoms with Gasteiger partial charge in [-0.05, 0) is 24.3 Å². The molecule has 1 aromatic carbocycles. The van der Waals surface area contributed by atoms with Gasteiger partial charge in [0.15, 0.2) is 17.3 Å². The minimum atomic E-state index is -0.354. The largest absolute Gasteiger partial charge is 0.486 e. The van der Waals surface area contributed by atoms with Crippen molar-refractivity contribution in [3.05, 3.63) is 42.4 Å². The molecule has 7 heteroatoms. The summed E-state index contributed by atoms with van der Waals surface area (Å²) in [7, 11) is 1.54. The van der Waals surface area contributed by atoms with Crippen molar-refractivity contribution >= 4 is 17.5 Å². The first kappa shape index (κ1) is 15.0. The van der Waals surface area contributed by atoms with Crippen LogP contribution in [0, 0.1) is 0 Å². The van der Waals surface area contributed by atoms with Crippen LogP contribution in [0.25, 0.3) is 0 Å². The van der Waals surface area contributed by atoms with E-state index in [4.69, 9.17) is 13.9 Å². The molecule has 0 fully saturated rings. The highest BCUT2D eigenvalue weighted by atomic mass is 16.6. The van der Waals surface area contributed by atoms with Crippen LogP contribution in [0.5, 0.6) is 11.5 Å². The van der Waals surface area contributed by atoms with Gasteiger partial charge in [-0.1, -0.05) is 0 Å². The molecule has 0 bridgehead atoms. The number of hydrogen-bond acceptors (Lipinski definition) is 5. The van der Waals surface area contributed by atoms with E-state index in [1.807, 2.05) is 0 Å². The van der Waals surface area contributed by atoms with Crippen molar-refractivity contribution < 1.29 is 23.5 Å². The minimum absolute atomic E-state index is 0.0893. The number of amides is 2. The zero-order valence-electron chi connectivity index (χ0n) is 12.6. The molecule has 1 aromatic heterocycles. The fraction of sp³-hybridized carbons (Fsp3) is 0.250. The molecule has 0 radical (unpaired) electrons. The third-order valence-electron chi connectivity index (χ3n) is 3.29. The smallest absolute Gasteiger partial charge is 0.289 e. The van der Waals surface area contributed by atoms with Crippen molar-refractivity contribution in [2.75, 3.05) is 32.1 Å². The van der Waals surface area contributed by atoms with Crippen molar-refractivity contribution in [1.29, 1.82) is 0 Å². The summed E-state index contributed by atoms with van der Waals surface area (Å²) in [6, 6.07) is 8.33. The van der Waals surface area contributed by atoms with Crippen LogP contribution in [0.4, 0.5) is 5.69 Å². The standard InChI is InChI=1S/C16H16N2O5/c1-18(16(20)13-3-2-6-21-13)10-15(19)17-11-4-5-12-14(9-11)23-8-7-22-12/h2-6,9H,7-8,10H2,1H3,(H,17,19). The highest BCUT2D eigenvalue weighted by Crippen LogP contribution is 2.32. The Labute approximate surface area is 132 Å². The van der Waals surface area contributed by atoms with Crippen LogP contribution in [0.1, 0.15) is 10.6 Å². The Hall–Kier alpha value is -2.96. The molecule has 1 aliphatic heterocycles. The number of nitrogens with one attached hydrogen (secondary N) is 1. The lowest BCUT2D eigenvalue weighted by Crippen LogP contribution is -2.34. The number of carbonyl (C=O) groups excluding carboxylic acids is 2. The molecule has 23 heavy (non-hydrogen) atoms. The SMILES string of the molecule is CN(CC(=O)Nc1ccc2c(c1)OCCO2)C(=O)c1ccco1. The van der Waals surface area contributed by atoms with E-state index in [0.29, 0.717) is 30.4 Å². The Bertz CT molecular complexity index is 711. The van der Waals surface area contributed by atoms with Gasteiger partial charge in [0.2, 0.25) is 5.91 Å². The fourth-order valence-corrected chi connectivity index (χ4v) is 2.20. The van der Waals surface area contributed by atoms with Gasteiger partial charge in [0.05, 0.1) is 12.8 Å². The number of benzene rings is 1. The van der Waals surface area contributed by atoms with Gasteiger partial charge in [-0.25, -0.2) is 0 Å². The van der Waals surface area contributed by atoms with E-state index in [-0.39, 0.29) is 24.1 Å². The molecule has 3 rings (SSSR count). The van der Waals surface area contributed by atoms with Crippen LogP contribution < -0.4 is 14.8 Å². The molecule has 0 saturated carbocycles. The fourth-order valence-electron chi connectivity index (χ4n) is 2.20. The van der Waals surface area contributed by atoms with Gasteiger partial charge in [-0.2, -0.15) is 0 Å². The van der Waals surface area contributed by atoms with Crippen molar-refractivity contribution in [2.24, 2.45) is 0 Å². The monoisotopic (exact) mass is 316 g/mol. The summed E-state index contributed by atoms with van der Waals surface area (Å²) in [6.07, 6.45) is 1.41. The number of likely N-dealkylation sites (N-methyl/N-ethyl adjacent to an activating group) is 1. The van der Waals surface area contributed by atoms with Crippen LogP contribution in [0.2, 0.25) is 0 Å². The Morgan fingerprint density at radius 2 is 1.96 bits per heavy atom. The molecule has 0 atom stereocenters. The zero-order chi connectivity index (χ0) is 16.2. The lowest BCUT2D eigenvalue weighted by Gasteiger charge is -2.19. The number of nitrogens with zero attached hydrogens (tertiary/aromatic N) is 1. The van der Waals surface area contributed by atoms with Crippen molar-refractivity contribution in [3.8, 4) is 11.5 Å². The summed E-state index contributed by atoms with van der Waals surface area (Å²) in [6.45, 7) is 0.900. The molecule has 120 valence electrons. The first-order chi connectivity index (χ1) is 11.1. The van der Waals surface area contributed by atoms with Gasteiger partial charge in [-0.3, -0.25) is 9.59 Å². The van der Waals surface area contributed by atoms with Gasteiger partial charge in [0, 0.05) is 18.8 Å². The van der Waals surface area contributed by atoms with Crippen molar-refractivity contribution in [1.82, 2.24) is 4.90 Å². The normalized spacial score (nSPS) is 12.6. The van der Waals surface area contributed by atoms with E-state index in [1.54, 1.807) is 30.3 Å². The van der Waals surface area contributed by atoms with E-state index >= 15 is 0 Å². The average Bonchev–Trinajstić information content (AvgIpc) is 3.08. The van der Waals surface area contributed by atoms with E-state index in [0.717, 1.165) is 0 Å². The van der Waals surface area contributed by atoms with E-state index in [9.17, 15) is 9.59 Å². The second kappa shape index (κ2) is 6.43. The van der Waals surface area contributed by atoms with Gasteiger partial charge in [-0.15, -0.1) is 0 Å². The Morgan fingerprint density at radius 1 is 1.17 bits per heavy atom. The molecular formula is C16H16N2O5. The molecule has 2 amide bonds. The maximum atomic E-state index is 12.1. The van der Waals surface area contributed by atoms with E-state index < -0.39 is 0 Å². The summed E-state index contributed by atoms with van der Waals surface area (Å²) in [5, 5.41) is 2.72. The Kier molecular flexibility index (Phi) is 4.18. The number of fused-ring (bicyclic) bond motifs is 1. The first-order valence-electron chi connectivity index (χ1n) is 7.12. The zero-order valence-corrected chi connectivity index (χ0v) is 12.6. The lowest BCUT2D eigenvalue weighted by atomic mass is 10.2. The van der Waals surface area contributed by atoms with Crippen LogP contribution in [-0.4, -0.2) is 43.5 Å². The number of anilines is 1. The molecule has 0 saturated heterocycles. The topological polar surface area (TPSA) is 81.0 Å². The summed E-state index contributed by atoms with van der Waals surface area (Å²) in [5.74, 6) is 0.768. The number of ether oxygens (including phenoxy) is 2. The van der Waals surface area contributed by atoms with Crippen molar-refractivity contribution in [3.63, 3.8) is 0 Å². The number of furan rings is 1. The van der Waals surface area contributed by atoms with Crippen LogP contribution >= 0.6 is 0 Å². The number of carbonyl (C=O) groups is 2. The van der Waals surface area contributed by atoms with E-state index in [2.05, 4.69) is 5.32 Å². The third kappa shape index (κ3) is 3.45. The van der Waals surface area contributed by atoms with Crippen LogP contribution in [0.3, 0.4) is 0 Å². The highest BCUT2D eigenvalue weighted by Gasteiger charge is 2.18. The predicted octanol–water partition coefficient (Wildman–Crippen LogP) is 1.76. The van der Waals surface area contributed by atoms with E-state index in [1.165, 1.54) is 18.2 Å². The second-order valence-corrected chi connectivity index (χ2v) is 5.05. The van der Waals surface area contributed by atoms with Gasteiger partial charge >= 0.3 is 0 Å². The minimum Gasteiger partial charge on any atom is -0.486 e. The van der Waals surface area contributed by atoms with Gasteiger partial charge < -0.3 is 24.1 Å². The number of rotatable bonds is 4. The molecule has 0 spiro atoms. The summed E-state index contributed by atoms with van der Waals surface area (Å²) < 4.78 is 15.9. The molecule has 1 N–H and O–H groups in total. The quantitative estimate of drug-likeness (QED) is 0.929. The predicted molar refractivity (Wildman–Crippen MR) is 81.7 cm³/mol. The van der Waals surface area contributed by atoms with Crippen LogP contribution in [-0.2, 0) is 4.79 Å². The summed E-state index contributed by atoms with van der Waals surface area (Å²) in [5.41, 5.74) is 0.582. The molecule has 2 heterocycles. The Morgan fingerprint density at radius 3 is 2.70 bits per heavy atom. The summed E-state index contributed by atoms with van der Waals surface area (Å²) >= 11 is 0. The summed E-state index contributed by atoms with van der Waals surface area (Å²) in [4.78, 5) is 25.3. The molecule has 0 aliphatic carbocycles. The number of hydrogen-bond donors (Lipinski definition) is 1. The van der Waals surface area contributed by atoms with Crippen LogP contribution in [0.15, 0.2) is 41.0 Å². The third-order valence-corrected chi connectivity index (χ3v) is 3.29. The van der Waals surface area contributed by atoms with Crippen molar-refractivity contribution in [2.45, 2.75) is 0 Å². The van der Waals surface area contributed by atoms with Gasteiger partial charge in [0.25, 0.3) is 5.91 Å². The molecule has 0 unspecified atom stereocenters. The molecule has 7 nitrogen and oxygen atoms in total. The maximum absolute atomic E-state index is 12.1. The average molecular weight is 316 g/mol. The second-order valence-electron chi connectivity index (χ2n) is 5.05. The molecular weight excluding hydrogens is 300 g/mol. The lowest BCUT2D eigenvalue weighted by molar-refractivity contribution is -0.116. The molecule has 1 aliphatic rings.